The van der Waals surface area contributed by atoms with Gasteiger partial charge >= 0.3 is 0 Å². The number of benzene rings is 1. The van der Waals surface area contributed by atoms with E-state index in [0.29, 0.717) is 17.9 Å². The Balaban J connectivity index is 2.21. The summed E-state index contributed by atoms with van der Waals surface area (Å²) in [6.07, 6.45) is 1.42. The number of ether oxygens (including phenoxy) is 1. The molecular formula is C13H20N2O4S. The third-order valence-electron chi connectivity index (χ3n) is 3.50. The molecule has 1 aliphatic heterocycles. The van der Waals surface area contributed by atoms with Gasteiger partial charge in [-0.25, -0.2) is 8.42 Å². The predicted octanol–water partition coefficient (Wildman–Crippen LogP) is 0.813. The van der Waals surface area contributed by atoms with Crippen molar-refractivity contribution in [3.05, 3.63) is 18.2 Å². The first-order valence-corrected chi connectivity index (χ1v) is 7.92. The normalized spacial score (nSPS) is 18.6. The van der Waals surface area contributed by atoms with Crippen molar-refractivity contribution in [1.82, 2.24) is 4.31 Å². The van der Waals surface area contributed by atoms with E-state index in [-0.39, 0.29) is 18.0 Å². The number of nitrogens with zero attached hydrogens (tertiary/aromatic N) is 1. The Kier molecular flexibility index (Phi) is 3.95. The Morgan fingerprint density at radius 2 is 2.10 bits per heavy atom. The Hall–Kier alpha value is -1.31. The molecule has 112 valence electrons. The van der Waals surface area contributed by atoms with Gasteiger partial charge in [0.2, 0.25) is 10.0 Å². The lowest BCUT2D eigenvalue weighted by Gasteiger charge is -2.45. The average molecular weight is 300 g/mol. The second-order valence-electron chi connectivity index (χ2n) is 5.15. The molecular weight excluding hydrogens is 280 g/mol. The standard InChI is InChI=1S/C13H20N2O4S/c1-3-6-13(16)8-15(9-13)20(17,18)10-4-5-11(14)12(7-10)19-2/h4-5,7,16H,3,6,8-9,14H2,1-2H3. The number of hydrogen-bond acceptors (Lipinski definition) is 5. The quantitative estimate of drug-likeness (QED) is 0.785. The number of nitrogens with two attached hydrogens (primary N) is 1. The molecule has 0 radical (unpaired) electrons. The Labute approximate surface area is 119 Å². The first-order valence-electron chi connectivity index (χ1n) is 6.48. The van der Waals surface area contributed by atoms with Crippen LogP contribution in [-0.2, 0) is 10.0 Å². The molecule has 0 aromatic heterocycles. The van der Waals surface area contributed by atoms with Crippen molar-refractivity contribution in [2.75, 3.05) is 25.9 Å². The molecule has 3 N–H and O–H groups in total. The highest BCUT2D eigenvalue weighted by Crippen LogP contribution is 2.33. The maximum atomic E-state index is 12.4. The number of hydrogen-bond donors (Lipinski definition) is 2. The molecule has 0 unspecified atom stereocenters. The van der Waals surface area contributed by atoms with Crippen LogP contribution in [0.4, 0.5) is 5.69 Å². The number of anilines is 1. The Morgan fingerprint density at radius 3 is 2.65 bits per heavy atom. The van der Waals surface area contributed by atoms with Crippen LogP contribution in [0.25, 0.3) is 0 Å². The van der Waals surface area contributed by atoms with Crippen LogP contribution < -0.4 is 10.5 Å². The van der Waals surface area contributed by atoms with E-state index < -0.39 is 15.6 Å². The number of nitrogen functional groups attached to an aromatic ring is 1. The topological polar surface area (TPSA) is 92.9 Å². The monoisotopic (exact) mass is 300 g/mol. The van der Waals surface area contributed by atoms with Gasteiger partial charge in [-0.3, -0.25) is 0 Å². The largest absolute Gasteiger partial charge is 0.495 e. The van der Waals surface area contributed by atoms with E-state index in [1.54, 1.807) is 0 Å². The molecule has 0 amide bonds. The van der Waals surface area contributed by atoms with E-state index in [4.69, 9.17) is 10.5 Å². The molecule has 0 spiro atoms. The zero-order chi connectivity index (χ0) is 15.0. The minimum atomic E-state index is -3.60. The van der Waals surface area contributed by atoms with Crippen LogP contribution in [0.3, 0.4) is 0 Å². The minimum Gasteiger partial charge on any atom is -0.495 e. The van der Waals surface area contributed by atoms with E-state index in [0.717, 1.165) is 6.42 Å². The van der Waals surface area contributed by atoms with Crippen LogP contribution in [-0.4, -0.2) is 43.6 Å². The van der Waals surface area contributed by atoms with Crippen LogP contribution in [0.15, 0.2) is 23.1 Å². The van der Waals surface area contributed by atoms with Gasteiger partial charge in [-0.1, -0.05) is 13.3 Å². The second kappa shape index (κ2) is 5.23. The summed E-state index contributed by atoms with van der Waals surface area (Å²) in [5.74, 6) is 0.329. The lowest BCUT2D eigenvalue weighted by Crippen LogP contribution is -2.63. The van der Waals surface area contributed by atoms with Gasteiger partial charge in [-0.2, -0.15) is 4.31 Å². The summed E-state index contributed by atoms with van der Waals surface area (Å²) < 4.78 is 31.1. The van der Waals surface area contributed by atoms with Crippen molar-refractivity contribution in [3.8, 4) is 5.75 Å². The van der Waals surface area contributed by atoms with Crippen molar-refractivity contribution in [2.24, 2.45) is 0 Å². The molecule has 1 aromatic rings. The highest BCUT2D eigenvalue weighted by Gasteiger charge is 2.46. The molecule has 1 heterocycles. The van der Waals surface area contributed by atoms with E-state index in [2.05, 4.69) is 0 Å². The Bertz CT molecular complexity index is 594. The van der Waals surface area contributed by atoms with E-state index in [1.807, 2.05) is 6.92 Å². The van der Waals surface area contributed by atoms with Gasteiger partial charge in [0, 0.05) is 19.2 Å². The van der Waals surface area contributed by atoms with E-state index in [1.165, 1.54) is 29.6 Å². The molecule has 1 aromatic carbocycles. The molecule has 2 rings (SSSR count). The van der Waals surface area contributed by atoms with Gasteiger partial charge in [0.05, 0.1) is 23.3 Å². The molecule has 7 heteroatoms. The molecule has 1 saturated heterocycles. The molecule has 0 saturated carbocycles. The highest BCUT2D eigenvalue weighted by atomic mass is 32.2. The predicted molar refractivity (Wildman–Crippen MR) is 76.0 cm³/mol. The molecule has 6 nitrogen and oxygen atoms in total. The van der Waals surface area contributed by atoms with Crippen LogP contribution >= 0.6 is 0 Å². The fraction of sp³-hybridized carbons (Fsp3) is 0.538. The third-order valence-corrected chi connectivity index (χ3v) is 5.29. The van der Waals surface area contributed by atoms with Crippen molar-refractivity contribution in [3.63, 3.8) is 0 Å². The molecule has 0 bridgehead atoms. The highest BCUT2D eigenvalue weighted by molar-refractivity contribution is 7.89. The maximum absolute atomic E-state index is 12.4. The lowest BCUT2D eigenvalue weighted by molar-refractivity contribution is -0.0653. The van der Waals surface area contributed by atoms with Crippen LogP contribution in [0.1, 0.15) is 19.8 Å². The summed E-state index contributed by atoms with van der Waals surface area (Å²) in [5.41, 5.74) is 5.17. The first kappa shape index (κ1) is 15.1. The SMILES string of the molecule is CCCC1(O)CN(S(=O)(=O)c2ccc(N)c(OC)c2)C1. The summed E-state index contributed by atoms with van der Waals surface area (Å²) in [6, 6.07) is 4.36. The third kappa shape index (κ3) is 2.61. The smallest absolute Gasteiger partial charge is 0.243 e. The van der Waals surface area contributed by atoms with Crippen LogP contribution in [0.2, 0.25) is 0 Å². The van der Waals surface area contributed by atoms with Crippen LogP contribution in [0.5, 0.6) is 5.75 Å². The van der Waals surface area contributed by atoms with Gasteiger partial charge in [0.25, 0.3) is 0 Å². The number of sulfonamides is 1. The van der Waals surface area contributed by atoms with Gasteiger partial charge < -0.3 is 15.6 Å². The summed E-state index contributed by atoms with van der Waals surface area (Å²) in [5, 5.41) is 10.1. The van der Waals surface area contributed by atoms with Gasteiger partial charge in [0.15, 0.2) is 0 Å². The van der Waals surface area contributed by atoms with Gasteiger partial charge in [0.1, 0.15) is 5.75 Å². The fourth-order valence-corrected chi connectivity index (χ4v) is 4.02. The van der Waals surface area contributed by atoms with E-state index >= 15 is 0 Å². The fourth-order valence-electron chi connectivity index (χ4n) is 2.40. The minimum absolute atomic E-state index is 0.127. The summed E-state index contributed by atoms with van der Waals surface area (Å²) in [4.78, 5) is 0.127. The molecule has 0 aliphatic carbocycles. The number of β-amino-alcohol motifs (C(OH)–C–C–N with tert-alkyl or cyclic N) is 1. The molecule has 1 aliphatic rings. The summed E-state index contributed by atoms with van der Waals surface area (Å²) in [6.45, 7) is 2.23. The number of rotatable bonds is 5. The number of aliphatic hydroxyl groups is 1. The van der Waals surface area contributed by atoms with Crippen molar-refractivity contribution in [2.45, 2.75) is 30.3 Å². The number of methoxy groups -OCH3 is 1. The zero-order valence-corrected chi connectivity index (χ0v) is 12.5. The lowest BCUT2D eigenvalue weighted by atomic mass is 9.92. The maximum Gasteiger partial charge on any atom is 0.243 e. The van der Waals surface area contributed by atoms with Gasteiger partial charge in [-0.05, 0) is 18.6 Å². The average Bonchev–Trinajstić information content (AvgIpc) is 2.36. The molecule has 20 heavy (non-hydrogen) atoms. The summed E-state index contributed by atoms with van der Waals surface area (Å²) >= 11 is 0. The summed E-state index contributed by atoms with van der Waals surface area (Å²) in [7, 11) is -2.17. The van der Waals surface area contributed by atoms with Crippen molar-refractivity contribution >= 4 is 15.7 Å². The first-order chi connectivity index (χ1) is 9.32. The molecule has 0 atom stereocenters. The van der Waals surface area contributed by atoms with Crippen molar-refractivity contribution in [1.29, 1.82) is 0 Å². The van der Waals surface area contributed by atoms with Crippen molar-refractivity contribution < 1.29 is 18.3 Å². The van der Waals surface area contributed by atoms with Gasteiger partial charge in [-0.15, -0.1) is 0 Å². The second-order valence-corrected chi connectivity index (χ2v) is 7.09. The zero-order valence-electron chi connectivity index (χ0n) is 11.7. The van der Waals surface area contributed by atoms with Crippen LogP contribution in [0, 0.1) is 0 Å². The Morgan fingerprint density at radius 1 is 1.45 bits per heavy atom. The molecule has 1 fully saturated rings. The van der Waals surface area contributed by atoms with E-state index in [9.17, 15) is 13.5 Å².